The molecule has 7 heteroatoms. The standard InChI is InChI=1S/C17H19BrN2O3S/c1-3-9-20(16(21)12-7-5-6-8-13(12)18)10-15-19-14(11-24-15)17(22)23-4-2/h5-8,11H,3-4,9-10H2,1-2H3. The number of benzene rings is 1. The molecule has 1 aromatic heterocycles. The molecule has 0 bridgehead atoms. The SMILES string of the molecule is CCCN(Cc1nc(C(=O)OCC)cs1)C(=O)c1ccccc1Br. The smallest absolute Gasteiger partial charge is 0.357 e. The van der Waals surface area contributed by atoms with Gasteiger partial charge in [-0.15, -0.1) is 11.3 Å². The zero-order chi connectivity index (χ0) is 17.5. The number of halogens is 1. The summed E-state index contributed by atoms with van der Waals surface area (Å²) in [6.45, 7) is 5.08. The minimum absolute atomic E-state index is 0.0581. The Kier molecular flexibility index (Phi) is 6.93. The van der Waals surface area contributed by atoms with Gasteiger partial charge >= 0.3 is 5.97 Å². The van der Waals surface area contributed by atoms with E-state index in [4.69, 9.17) is 4.74 Å². The molecular weight excluding hydrogens is 392 g/mol. The van der Waals surface area contributed by atoms with Crippen molar-refractivity contribution in [2.75, 3.05) is 13.2 Å². The summed E-state index contributed by atoms with van der Waals surface area (Å²) in [5.41, 5.74) is 0.912. The van der Waals surface area contributed by atoms with E-state index in [0.717, 1.165) is 10.9 Å². The molecule has 0 N–H and O–H groups in total. The fraction of sp³-hybridized carbons (Fsp3) is 0.353. The summed E-state index contributed by atoms with van der Waals surface area (Å²) in [6, 6.07) is 7.35. The van der Waals surface area contributed by atoms with Crippen molar-refractivity contribution in [1.82, 2.24) is 9.88 Å². The predicted molar refractivity (Wildman–Crippen MR) is 97.2 cm³/mol. The highest BCUT2D eigenvalue weighted by Gasteiger charge is 2.20. The van der Waals surface area contributed by atoms with Gasteiger partial charge in [-0.2, -0.15) is 0 Å². The highest BCUT2D eigenvalue weighted by molar-refractivity contribution is 9.10. The van der Waals surface area contributed by atoms with Gasteiger partial charge in [-0.1, -0.05) is 19.1 Å². The lowest BCUT2D eigenvalue weighted by Gasteiger charge is -2.21. The van der Waals surface area contributed by atoms with E-state index in [1.165, 1.54) is 11.3 Å². The first kappa shape index (κ1) is 18.6. The average Bonchev–Trinajstić information content (AvgIpc) is 3.03. The number of amides is 1. The quantitative estimate of drug-likeness (QED) is 0.643. The van der Waals surface area contributed by atoms with Crippen LogP contribution in [0.1, 0.15) is 46.1 Å². The van der Waals surface area contributed by atoms with Crippen molar-refractivity contribution in [3.8, 4) is 0 Å². The molecule has 128 valence electrons. The monoisotopic (exact) mass is 410 g/mol. The first-order valence-electron chi connectivity index (χ1n) is 7.72. The molecular formula is C17H19BrN2O3S. The third-order valence-corrected chi connectivity index (χ3v) is 4.77. The number of carbonyl (C=O) groups is 2. The zero-order valence-corrected chi connectivity index (χ0v) is 16.0. The van der Waals surface area contributed by atoms with Gasteiger partial charge in [0.05, 0.1) is 18.7 Å². The van der Waals surface area contributed by atoms with Gasteiger partial charge in [0.25, 0.3) is 5.91 Å². The number of hydrogen-bond donors (Lipinski definition) is 0. The first-order valence-corrected chi connectivity index (χ1v) is 9.39. The Morgan fingerprint density at radius 2 is 2.04 bits per heavy atom. The Morgan fingerprint density at radius 3 is 2.71 bits per heavy atom. The molecule has 1 amide bonds. The largest absolute Gasteiger partial charge is 0.461 e. The van der Waals surface area contributed by atoms with Crippen LogP contribution in [-0.4, -0.2) is 34.9 Å². The molecule has 1 aromatic carbocycles. The van der Waals surface area contributed by atoms with Crippen molar-refractivity contribution in [3.05, 3.63) is 50.4 Å². The van der Waals surface area contributed by atoms with Crippen LogP contribution in [0.2, 0.25) is 0 Å². The van der Waals surface area contributed by atoms with Gasteiger partial charge < -0.3 is 9.64 Å². The van der Waals surface area contributed by atoms with E-state index in [1.54, 1.807) is 23.3 Å². The van der Waals surface area contributed by atoms with E-state index in [1.807, 2.05) is 25.1 Å². The maximum atomic E-state index is 12.8. The second kappa shape index (κ2) is 8.94. The fourth-order valence-corrected chi connectivity index (χ4v) is 3.41. The van der Waals surface area contributed by atoms with Crippen LogP contribution >= 0.6 is 27.3 Å². The van der Waals surface area contributed by atoms with Crippen molar-refractivity contribution in [2.45, 2.75) is 26.8 Å². The number of hydrogen-bond acceptors (Lipinski definition) is 5. The number of aromatic nitrogens is 1. The molecule has 0 aliphatic rings. The van der Waals surface area contributed by atoms with Crippen molar-refractivity contribution >= 4 is 39.1 Å². The second-order valence-corrected chi connectivity index (χ2v) is 6.85. The van der Waals surface area contributed by atoms with Gasteiger partial charge in [0.15, 0.2) is 5.69 Å². The van der Waals surface area contributed by atoms with E-state index in [0.29, 0.717) is 36.0 Å². The molecule has 2 rings (SSSR count). The van der Waals surface area contributed by atoms with Gasteiger partial charge in [0.2, 0.25) is 0 Å². The summed E-state index contributed by atoms with van der Waals surface area (Å²) in [4.78, 5) is 30.5. The van der Waals surface area contributed by atoms with E-state index in [9.17, 15) is 9.59 Å². The van der Waals surface area contributed by atoms with E-state index >= 15 is 0 Å². The van der Waals surface area contributed by atoms with Gasteiger partial charge in [0.1, 0.15) is 5.01 Å². The fourth-order valence-electron chi connectivity index (χ4n) is 2.17. The summed E-state index contributed by atoms with van der Waals surface area (Å²) >= 11 is 4.78. The molecule has 0 aliphatic heterocycles. The molecule has 0 radical (unpaired) electrons. The molecule has 0 aliphatic carbocycles. The third kappa shape index (κ3) is 4.64. The summed E-state index contributed by atoms with van der Waals surface area (Å²) in [6.07, 6.45) is 0.840. The summed E-state index contributed by atoms with van der Waals surface area (Å²) in [7, 11) is 0. The van der Waals surface area contributed by atoms with Crippen molar-refractivity contribution < 1.29 is 14.3 Å². The number of nitrogens with zero attached hydrogens (tertiary/aromatic N) is 2. The Labute approximate surface area is 153 Å². The highest BCUT2D eigenvalue weighted by atomic mass is 79.9. The molecule has 1 heterocycles. The average molecular weight is 411 g/mol. The number of thiazole rings is 1. The third-order valence-electron chi connectivity index (χ3n) is 3.25. The van der Waals surface area contributed by atoms with Gasteiger partial charge in [-0.3, -0.25) is 4.79 Å². The highest BCUT2D eigenvalue weighted by Crippen LogP contribution is 2.20. The van der Waals surface area contributed by atoms with Gasteiger partial charge in [-0.05, 0) is 41.4 Å². The van der Waals surface area contributed by atoms with Gasteiger partial charge in [-0.25, -0.2) is 9.78 Å². The minimum atomic E-state index is -0.431. The molecule has 0 atom stereocenters. The minimum Gasteiger partial charge on any atom is -0.461 e. The number of esters is 1. The lowest BCUT2D eigenvalue weighted by Crippen LogP contribution is -2.31. The summed E-state index contributed by atoms with van der Waals surface area (Å²) < 4.78 is 5.71. The lowest BCUT2D eigenvalue weighted by molar-refractivity contribution is 0.0520. The first-order chi connectivity index (χ1) is 11.6. The Bertz CT molecular complexity index is 717. The summed E-state index contributed by atoms with van der Waals surface area (Å²) in [5.74, 6) is -0.489. The van der Waals surface area contributed by atoms with Crippen LogP contribution < -0.4 is 0 Å². The number of rotatable bonds is 7. The molecule has 24 heavy (non-hydrogen) atoms. The topological polar surface area (TPSA) is 59.5 Å². The number of ether oxygens (including phenoxy) is 1. The zero-order valence-electron chi connectivity index (χ0n) is 13.6. The van der Waals surface area contributed by atoms with Crippen LogP contribution in [0.15, 0.2) is 34.1 Å². The van der Waals surface area contributed by atoms with Crippen molar-refractivity contribution in [2.24, 2.45) is 0 Å². The van der Waals surface area contributed by atoms with E-state index < -0.39 is 5.97 Å². The maximum absolute atomic E-state index is 12.8. The molecule has 0 fully saturated rings. The molecule has 2 aromatic rings. The van der Waals surface area contributed by atoms with Crippen LogP contribution in [0.25, 0.3) is 0 Å². The van der Waals surface area contributed by atoms with Crippen LogP contribution in [0.4, 0.5) is 0 Å². The maximum Gasteiger partial charge on any atom is 0.357 e. The molecule has 0 unspecified atom stereocenters. The molecule has 5 nitrogen and oxygen atoms in total. The van der Waals surface area contributed by atoms with Crippen molar-refractivity contribution in [3.63, 3.8) is 0 Å². The normalized spacial score (nSPS) is 10.5. The predicted octanol–water partition coefficient (Wildman–Crippen LogP) is 4.13. The Balaban J connectivity index is 2.15. The van der Waals surface area contributed by atoms with Crippen LogP contribution in [0.5, 0.6) is 0 Å². The molecule has 0 saturated heterocycles. The van der Waals surface area contributed by atoms with Crippen LogP contribution in [-0.2, 0) is 11.3 Å². The van der Waals surface area contributed by atoms with E-state index in [2.05, 4.69) is 20.9 Å². The Hall–Kier alpha value is -1.73. The van der Waals surface area contributed by atoms with Gasteiger partial charge in [0, 0.05) is 16.4 Å². The number of carbonyl (C=O) groups excluding carboxylic acids is 2. The van der Waals surface area contributed by atoms with E-state index in [-0.39, 0.29) is 5.91 Å². The molecule has 0 spiro atoms. The van der Waals surface area contributed by atoms with Crippen LogP contribution in [0.3, 0.4) is 0 Å². The van der Waals surface area contributed by atoms with Crippen molar-refractivity contribution in [1.29, 1.82) is 0 Å². The Morgan fingerprint density at radius 1 is 1.29 bits per heavy atom. The molecule has 0 saturated carbocycles. The second-order valence-electron chi connectivity index (χ2n) is 5.05. The summed E-state index contributed by atoms with van der Waals surface area (Å²) in [5, 5.41) is 2.38. The lowest BCUT2D eigenvalue weighted by atomic mass is 10.2. The van der Waals surface area contributed by atoms with Crippen LogP contribution in [0, 0.1) is 0 Å².